The monoisotopic (exact) mass is 469 g/mol. The van der Waals surface area contributed by atoms with Crippen LogP contribution in [-0.4, -0.2) is 43.1 Å². The number of halogens is 2. The molecule has 0 aliphatic rings. The van der Waals surface area contributed by atoms with Crippen molar-refractivity contribution in [3.8, 4) is 16.9 Å². The average molecular weight is 470 g/mol. The van der Waals surface area contributed by atoms with Crippen molar-refractivity contribution in [3.63, 3.8) is 0 Å². The SMILES string of the molecule is COc1ccc(-c2cccc3c2nnn3C/C(F)=C/CN)cc1S(=O)(=O)NC(C)C.Cl. The minimum Gasteiger partial charge on any atom is -0.495 e. The molecular weight excluding hydrogens is 445 g/mol. The third-order valence-electron chi connectivity index (χ3n) is 4.34. The molecule has 0 atom stereocenters. The van der Waals surface area contributed by atoms with Gasteiger partial charge in [0, 0.05) is 18.2 Å². The molecule has 1 heterocycles. The Kier molecular flexibility index (Phi) is 8.13. The average Bonchev–Trinajstić information content (AvgIpc) is 3.09. The maximum absolute atomic E-state index is 13.9. The Bertz CT molecular complexity index is 1190. The van der Waals surface area contributed by atoms with E-state index in [1.807, 2.05) is 6.07 Å². The maximum Gasteiger partial charge on any atom is 0.244 e. The number of rotatable bonds is 8. The lowest BCUT2D eigenvalue weighted by Crippen LogP contribution is -2.30. The highest BCUT2D eigenvalue weighted by atomic mass is 35.5. The predicted octanol–water partition coefficient (Wildman–Crippen LogP) is 3.03. The number of hydrogen-bond acceptors (Lipinski definition) is 6. The van der Waals surface area contributed by atoms with Crippen LogP contribution in [0.1, 0.15) is 13.8 Å². The number of hydrogen-bond donors (Lipinski definition) is 2. The van der Waals surface area contributed by atoms with Crippen LogP contribution in [0.25, 0.3) is 22.2 Å². The highest BCUT2D eigenvalue weighted by molar-refractivity contribution is 7.89. The largest absolute Gasteiger partial charge is 0.495 e. The maximum atomic E-state index is 13.9. The summed E-state index contributed by atoms with van der Waals surface area (Å²) in [5, 5.41) is 8.22. The summed E-state index contributed by atoms with van der Waals surface area (Å²) >= 11 is 0. The van der Waals surface area contributed by atoms with Crippen molar-refractivity contribution >= 4 is 33.5 Å². The topological polar surface area (TPSA) is 112 Å². The number of methoxy groups -OCH3 is 1. The molecule has 0 aliphatic carbocycles. The highest BCUT2D eigenvalue weighted by Gasteiger charge is 2.22. The minimum atomic E-state index is -3.79. The van der Waals surface area contributed by atoms with Crippen LogP contribution in [0.2, 0.25) is 0 Å². The normalized spacial score (nSPS) is 12.3. The Morgan fingerprint density at radius 1 is 1.32 bits per heavy atom. The lowest BCUT2D eigenvalue weighted by Gasteiger charge is -2.14. The van der Waals surface area contributed by atoms with E-state index < -0.39 is 15.9 Å². The molecule has 0 bridgehead atoms. The summed E-state index contributed by atoms with van der Waals surface area (Å²) in [6.45, 7) is 3.49. The minimum absolute atomic E-state index is 0. The van der Waals surface area contributed by atoms with Crippen LogP contribution < -0.4 is 15.2 Å². The van der Waals surface area contributed by atoms with Gasteiger partial charge >= 0.3 is 0 Å². The molecule has 0 radical (unpaired) electrons. The fraction of sp³-hybridized carbons (Fsp3) is 0.300. The Labute approximate surface area is 186 Å². The van der Waals surface area contributed by atoms with Gasteiger partial charge in [0.15, 0.2) is 0 Å². The Hall–Kier alpha value is -2.53. The number of fused-ring (bicyclic) bond motifs is 1. The van der Waals surface area contributed by atoms with Gasteiger partial charge in [-0.1, -0.05) is 23.4 Å². The number of benzene rings is 2. The summed E-state index contributed by atoms with van der Waals surface area (Å²) in [4.78, 5) is 0.0255. The first-order valence-corrected chi connectivity index (χ1v) is 10.8. The lowest BCUT2D eigenvalue weighted by atomic mass is 10.0. The van der Waals surface area contributed by atoms with E-state index in [0.717, 1.165) is 0 Å². The fourth-order valence-corrected chi connectivity index (χ4v) is 4.55. The second kappa shape index (κ2) is 10.2. The number of ether oxygens (including phenoxy) is 1. The third kappa shape index (κ3) is 5.40. The van der Waals surface area contributed by atoms with Crippen molar-refractivity contribution in [1.82, 2.24) is 19.7 Å². The summed E-state index contributed by atoms with van der Waals surface area (Å²) in [6.07, 6.45) is 1.28. The standard InChI is InChI=1S/C20H24FN5O3S.ClH/c1-13(2)24-30(27,28)19-11-14(7-8-18(19)29-3)16-5-4-6-17-20(16)23-25-26(17)12-15(21)9-10-22;/h4-9,11,13,24H,10,12,22H2,1-3H3;1H/b15-9-;. The van der Waals surface area contributed by atoms with Crippen LogP contribution in [0.3, 0.4) is 0 Å². The summed E-state index contributed by atoms with van der Waals surface area (Å²) < 4.78 is 48.7. The molecule has 0 saturated carbocycles. The molecule has 2 aromatic carbocycles. The van der Waals surface area contributed by atoms with Gasteiger partial charge in [-0.05, 0) is 43.7 Å². The van der Waals surface area contributed by atoms with Crippen molar-refractivity contribution in [2.45, 2.75) is 31.3 Å². The number of allylic oxidation sites excluding steroid dienone is 1. The van der Waals surface area contributed by atoms with E-state index in [0.29, 0.717) is 22.2 Å². The molecule has 0 amide bonds. The van der Waals surface area contributed by atoms with Gasteiger partial charge in [0.1, 0.15) is 22.0 Å². The first kappa shape index (κ1) is 24.7. The molecule has 0 spiro atoms. The molecule has 11 heteroatoms. The van der Waals surface area contributed by atoms with E-state index in [9.17, 15) is 12.8 Å². The van der Waals surface area contributed by atoms with Gasteiger partial charge in [-0.15, -0.1) is 17.5 Å². The molecule has 31 heavy (non-hydrogen) atoms. The number of nitrogens with zero attached hydrogens (tertiary/aromatic N) is 3. The zero-order valence-electron chi connectivity index (χ0n) is 17.4. The molecule has 1 aromatic heterocycles. The Morgan fingerprint density at radius 3 is 2.71 bits per heavy atom. The predicted molar refractivity (Wildman–Crippen MR) is 120 cm³/mol. The molecule has 0 fully saturated rings. The molecule has 3 rings (SSSR count). The van der Waals surface area contributed by atoms with Gasteiger partial charge in [-0.2, -0.15) is 0 Å². The quantitative estimate of drug-likeness (QED) is 0.524. The summed E-state index contributed by atoms with van der Waals surface area (Å²) in [5.74, 6) is -0.177. The molecule has 0 unspecified atom stereocenters. The Morgan fingerprint density at radius 2 is 2.06 bits per heavy atom. The van der Waals surface area contributed by atoms with Crippen molar-refractivity contribution in [2.24, 2.45) is 5.73 Å². The van der Waals surface area contributed by atoms with Crippen molar-refractivity contribution in [3.05, 3.63) is 48.3 Å². The van der Waals surface area contributed by atoms with Crippen molar-refractivity contribution in [2.75, 3.05) is 13.7 Å². The zero-order chi connectivity index (χ0) is 21.9. The second-order valence-electron chi connectivity index (χ2n) is 6.95. The Balaban J connectivity index is 0.00000341. The third-order valence-corrected chi connectivity index (χ3v) is 6.02. The first-order valence-electron chi connectivity index (χ1n) is 9.34. The smallest absolute Gasteiger partial charge is 0.244 e. The van der Waals surface area contributed by atoms with Gasteiger partial charge in [0.2, 0.25) is 10.0 Å². The van der Waals surface area contributed by atoms with Crippen LogP contribution in [0.5, 0.6) is 5.75 Å². The molecule has 0 saturated heterocycles. The number of aromatic nitrogens is 3. The van der Waals surface area contributed by atoms with E-state index in [2.05, 4.69) is 15.0 Å². The molecule has 3 aromatic rings. The van der Waals surface area contributed by atoms with E-state index in [4.69, 9.17) is 10.5 Å². The van der Waals surface area contributed by atoms with Crippen molar-refractivity contribution < 1.29 is 17.5 Å². The van der Waals surface area contributed by atoms with E-state index >= 15 is 0 Å². The molecule has 168 valence electrons. The zero-order valence-corrected chi connectivity index (χ0v) is 19.0. The first-order chi connectivity index (χ1) is 14.3. The molecular formula is C20H25ClFN5O3S. The van der Waals surface area contributed by atoms with Gasteiger partial charge in [-0.3, -0.25) is 0 Å². The number of sulfonamides is 1. The molecule has 8 nitrogen and oxygen atoms in total. The van der Waals surface area contributed by atoms with Crippen LogP contribution >= 0.6 is 12.4 Å². The molecule has 3 N–H and O–H groups in total. The van der Waals surface area contributed by atoms with Gasteiger partial charge in [0.25, 0.3) is 0 Å². The lowest BCUT2D eigenvalue weighted by molar-refractivity contribution is 0.402. The summed E-state index contributed by atoms with van der Waals surface area (Å²) in [6, 6.07) is 9.96. The van der Waals surface area contributed by atoms with Gasteiger partial charge < -0.3 is 10.5 Å². The highest BCUT2D eigenvalue weighted by Crippen LogP contribution is 2.33. The molecule has 0 aliphatic heterocycles. The second-order valence-corrected chi connectivity index (χ2v) is 8.63. The van der Waals surface area contributed by atoms with Gasteiger partial charge in [0.05, 0.1) is 19.2 Å². The summed E-state index contributed by atoms with van der Waals surface area (Å²) in [5.41, 5.74) is 7.79. The fourth-order valence-electron chi connectivity index (χ4n) is 3.10. The van der Waals surface area contributed by atoms with Crippen LogP contribution in [-0.2, 0) is 16.6 Å². The van der Waals surface area contributed by atoms with Gasteiger partial charge in [-0.25, -0.2) is 22.2 Å². The van der Waals surface area contributed by atoms with Crippen molar-refractivity contribution in [1.29, 1.82) is 0 Å². The van der Waals surface area contributed by atoms with Crippen LogP contribution in [0.4, 0.5) is 4.39 Å². The van der Waals surface area contributed by atoms with Crippen LogP contribution in [0, 0.1) is 0 Å². The van der Waals surface area contributed by atoms with Crippen LogP contribution in [0.15, 0.2) is 53.2 Å². The number of nitrogens with one attached hydrogen (secondary N) is 1. The van der Waals surface area contributed by atoms with E-state index in [1.165, 1.54) is 23.9 Å². The van der Waals surface area contributed by atoms with E-state index in [1.54, 1.807) is 38.1 Å². The number of nitrogens with two attached hydrogens (primary N) is 1. The summed E-state index contributed by atoms with van der Waals surface area (Å²) in [7, 11) is -2.37. The van der Waals surface area contributed by atoms with E-state index in [-0.39, 0.29) is 42.2 Å².